The number of sulfonamides is 1. The predicted molar refractivity (Wildman–Crippen MR) is 47.0 cm³/mol. The topological polar surface area (TPSA) is 46.2 Å². The molecule has 0 fully saturated rings. The van der Waals surface area contributed by atoms with Gasteiger partial charge in [-0.3, -0.25) is 0 Å². The van der Waals surface area contributed by atoms with Gasteiger partial charge in [-0.05, 0) is 19.8 Å². The fourth-order valence-corrected chi connectivity index (χ4v) is 1.57. The van der Waals surface area contributed by atoms with Crippen molar-refractivity contribution in [1.29, 1.82) is 0 Å². The second-order valence-corrected chi connectivity index (χ2v) is 5.60. The average molecular weight is 233 g/mol. The summed E-state index contributed by atoms with van der Waals surface area (Å²) in [6, 6.07) is 0. The molecule has 0 unspecified atom stereocenters. The lowest BCUT2D eigenvalue weighted by Gasteiger charge is -2.30. The Balaban J connectivity index is 4.88. The van der Waals surface area contributed by atoms with Gasteiger partial charge < -0.3 is 0 Å². The Morgan fingerprint density at radius 1 is 1.14 bits per heavy atom. The van der Waals surface area contributed by atoms with Crippen LogP contribution in [0.5, 0.6) is 0 Å². The van der Waals surface area contributed by atoms with E-state index in [-0.39, 0.29) is 5.92 Å². The fourth-order valence-electron chi connectivity index (χ4n) is 0.522. The minimum atomic E-state index is -5.25. The van der Waals surface area contributed by atoms with Gasteiger partial charge in [0.05, 0.1) is 0 Å². The minimum absolute atomic E-state index is 0.236. The molecule has 3 nitrogen and oxygen atoms in total. The molecule has 0 saturated heterocycles. The van der Waals surface area contributed by atoms with E-state index in [4.69, 9.17) is 0 Å². The van der Waals surface area contributed by atoms with Crippen LogP contribution in [0.15, 0.2) is 0 Å². The van der Waals surface area contributed by atoms with Gasteiger partial charge in [0.15, 0.2) is 0 Å². The van der Waals surface area contributed by atoms with Crippen LogP contribution in [0.4, 0.5) is 13.2 Å². The highest BCUT2D eigenvalue weighted by Crippen LogP contribution is 2.26. The number of hydrogen-bond acceptors (Lipinski definition) is 2. The quantitative estimate of drug-likeness (QED) is 0.808. The molecule has 0 bridgehead atoms. The molecule has 14 heavy (non-hydrogen) atoms. The Hall–Kier alpha value is -0.300. The second kappa shape index (κ2) is 3.69. The van der Waals surface area contributed by atoms with Gasteiger partial charge in [0.25, 0.3) is 0 Å². The number of nitrogens with one attached hydrogen (secondary N) is 1. The van der Waals surface area contributed by atoms with E-state index in [0.717, 1.165) is 0 Å². The van der Waals surface area contributed by atoms with E-state index in [1.54, 1.807) is 18.6 Å². The van der Waals surface area contributed by atoms with Crippen LogP contribution in [-0.2, 0) is 10.0 Å². The molecule has 0 aromatic rings. The van der Waals surface area contributed by atoms with E-state index >= 15 is 0 Å². The summed E-state index contributed by atoms with van der Waals surface area (Å²) >= 11 is 0. The van der Waals surface area contributed by atoms with Gasteiger partial charge in [-0.15, -0.1) is 0 Å². The molecule has 0 amide bonds. The molecular weight excluding hydrogens is 219 g/mol. The summed E-state index contributed by atoms with van der Waals surface area (Å²) in [5, 5.41) is 0. The number of rotatable bonds is 3. The Morgan fingerprint density at radius 3 is 1.71 bits per heavy atom. The van der Waals surface area contributed by atoms with E-state index in [2.05, 4.69) is 0 Å². The molecule has 1 N–H and O–H groups in total. The van der Waals surface area contributed by atoms with Crippen molar-refractivity contribution in [3.05, 3.63) is 0 Å². The molecule has 0 aliphatic carbocycles. The summed E-state index contributed by atoms with van der Waals surface area (Å²) in [4.78, 5) is 0. The number of hydrogen-bond donors (Lipinski definition) is 1. The van der Waals surface area contributed by atoms with Crippen LogP contribution in [-0.4, -0.2) is 19.5 Å². The van der Waals surface area contributed by atoms with Gasteiger partial charge in [0.2, 0.25) is 0 Å². The molecule has 0 saturated carbocycles. The molecule has 0 aromatic carbocycles. The van der Waals surface area contributed by atoms with Crippen LogP contribution < -0.4 is 4.72 Å². The zero-order valence-electron chi connectivity index (χ0n) is 8.44. The fraction of sp³-hybridized carbons (Fsp3) is 1.00. The van der Waals surface area contributed by atoms with Gasteiger partial charge in [-0.1, -0.05) is 13.8 Å². The Bertz CT molecular complexity index is 293. The second-order valence-electron chi connectivity index (χ2n) is 3.93. The third-order valence-corrected chi connectivity index (χ3v) is 3.55. The average Bonchev–Trinajstić information content (AvgIpc) is 1.80. The molecular formula is C7H14F3NO2S. The first kappa shape index (κ1) is 13.7. The van der Waals surface area contributed by atoms with Crippen molar-refractivity contribution in [3.63, 3.8) is 0 Å². The van der Waals surface area contributed by atoms with E-state index < -0.39 is 21.1 Å². The highest BCUT2D eigenvalue weighted by atomic mass is 32.2. The van der Waals surface area contributed by atoms with Crippen molar-refractivity contribution in [2.24, 2.45) is 5.92 Å². The first-order valence-corrected chi connectivity index (χ1v) is 5.49. The molecule has 86 valence electrons. The van der Waals surface area contributed by atoms with E-state index in [1.807, 2.05) is 0 Å². The van der Waals surface area contributed by atoms with Crippen molar-refractivity contribution in [2.75, 3.05) is 0 Å². The summed E-state index contributed by atoms with van der Waals surface area (Å²) < 4.78 is 59.0. The van der Waals surface area contributed by atoms with Crippen LogP contribution in [0.2, 0.25) is 0 Å². The summed E-state index contributed by atoms with van der Waals surface area (Å²) in [5.74, 6) is -0.236. The zero-order valence-corrected chi connectivity index (χ0v) is 9.25. The SMILES string of the molecule is CC(C)C(C)(C)NS(=O)(=O)C(F)(F)F. The maximum atomic E-state index is 12.0. The number of alkyl halides is 3. The van der Waals surface area contributed by atoms with Crippen LogP contribution in [0.25, 0.3) is 0 Å². The molecule has 7 heteroatoms. The molecule has 0 radical (unpaired) electrons. The Labute approximate surface area is 81.7 Å². The molecule has 0 aliphatic heterocycles. The molecule has 0 aromatic heterocycles. The maximum absolute atomic E-state index is 12.0. The monoisotopic (exact) mass is 233 g/mol. The van der Waals surface area contributed by atoms with E-state index in [0.29, 0.717) is 0 Å². The van der Waals surface area contributed by atoms with Gasteiger partial charge in [0.1, 0.15) is 0 Å². The Morgan fingerprint density at radius 2 is 1.50 bits per heavy atom. The van der Waals surface area contributed by atoms with Gasteiger partial charge in [0, 0.05) is 5.54 Å². The third-order valence-electron chi connectivity index (χ3n) is 2.15. The van der Waals surface area contributed by atoms with Gasteiger partial charge >= 0.3 is 15.5 Å². The summed E-state index contributed by atoms with van der Waals surface area (Å²) in [6.07, 6.45) is 0. The number of halogens is 3. The van der Waals surface area contributed by atoms with Crippen molar-refractivity contribution < 1.29 is 21.6 Å². The standard InChI is InChI=1S/C7H14F3NO2S/c1-5(2)6(3,4)11-14(12,13)7(8,9)10/h5,11H,1-4H3. The van der Waals surface area contributed by atoms with Crippen molar-refractivity contribution in [1.82, 2.24) is 4.72 Å². The molecule has 0 aliphatic rings. The van der Waals surface area contributed by atoms with Gasteiger partial charge in [-0.25, -0.2) is 13.1 Å². The Kier molecular flexibility index (Phi) is 3.61. The normalized spacial score (nSPS) is 14.9. The summed E-state index contributed by atoms with van der Waals surface area (Å²) in [5.41, 5.74) is -6.37. The lowest BCUT2D eigenvalue weighted by Crippen LogP contribution is -2.51. The lowest BCUT2D eigenvalue weighted by molar-refractivity contribution is -0.0458. The van der Waals surface area contributed by atoms with Crippen LogP contribution in [0, 0.1) is 5.92 Å². The van der Waals surface area contributed by atoms with Crippen LogP contribution >= 0.6 is 0 Å². The minimum Gasteiger partial charge on any atom is -0.203 e. The third kappa shape index (κ3) is 3.13. The van der Waals surface area contributed by atoms with Crippen molar-refractivity contribution in [2.45, 2.75) is 38.7 Å². The highest BCUT2D eigenvalue weighted by molar-refractivity contribution is 7.90. The highest BCUT2D eigenvalue weighted by Gasteiger charge is 2.48. The van der Waals surface area contributed by atoms with Crippen molar-refractivity contribution >= 4 is 10.0 Å². The van der Waals surface area contributed by atoms with Crippen LogP contribution in [0.3, 0.4) is 0 Å². The largest absolute Gasteiger partial charge is 0.511 e. The van der Waals surface area contributed by atoms with E-state index in [1.165, 1.54) is 13.8 Å². The molecule has 0 heterocycles. The first-order chi connectivity index (χ1) is 5.90. The molecule has 0 atom stereocenters. The lowest BCUT2D eigenvalue weighted by atomic mass is 9.92. The summed E-state index contributed by atoms with van der Waals surface area (Å²) in [7, 11) is -5.25. The van der Waals surface area contributed by atoms with Crippen LogP contribution in [0.1, 0.15) is 27.7 Å². The van der Waals surface area contributed by atoms with Gasteiger partial charge in [-0.2, -0.15) is 13.2 Å². The molecule has 0 spiro atoms. The zero-order chi connectivity index (χ0) is 11.8. The predicted octanol–water partition coefficient (Wildman–Crippen LogP) is 1.86. The summed E-state index contributed by atoms with van der Waals surface area (Å²) in [6.45, 7) is 6.08. The smallest absolute Gasteiger partial charge is 0.203 e. The maximum Gasteiger partial charge on any atom is 0.511 e. The van der Waals surface area contributed by atoms with Crippen molar-refractivity contribution in [3.8, 4) is 0 Å². The van der Waals surface area contributed by atoms with E-state index in [9.17, 15) is 21.6 Å². The molecule has 0 rings (SSSR count). The first-order valence-electron chi connectivity index (χ1n) is 4.00.